The Morgan fingerprint density at radius 2 is 2.00 bits per heavy atom. The molecule has 1 atom stereocenters. The zero-order chi connectivity index (χ0) is 10.7. The number of nitro groups is 1. The minimum Gasteiger partial charge on any atom is -0.415 e. The van der Waals surface area contributed by atoms with E-state index in [1.54, 1.807) is 12.1 Å². The Morgan fingerprint density at radius 1 is 1.27 bits per heavy atom. The fraction of sp³-hybridized carbons (Fsp3) is 0.400. The summed E-state index contributed by atoms with van der Waals surface area (Å²) in [4.78, 5) is 10.1. The molecule has 0 amide bonds. The Labute approximate surface area is 89.8 Å². The molecule has 5 heteroatoms. The van der Waals surface area contributed by atoms with Crippen LogP contribution < -0.4 is 5.19 Å². The maximum absolute atomic E-state index is 10.5. The molecule has 1 aliphatic rings. The van der Waals surface area contributed by atoms with Crippen molar-refractivity contribution in [3.63, 3.8) is 0 Å². The number of rotatable bonds is 2. The lowest BCUT2D eigenvalue weighted by atomic mass is 10.3. The molecule has 1 heterocycles. The van der Waals surface area contributed by atoms with Crippen molar-refractivity contribution in [2.75, 3.05) is 6.61 Å². The number of nitro benzene ring substituents is 1. The van der Waals surface area contributed by atoms with Crippen LogP contribution in [0.3, 0.4) is 0 Å². The van der Waals surface area contributed by atoms with Crippen LogP contribution in [-0.4, -0.2) is 20.6 Å². The van der Waals surface area contributed by atoms with Crippen LogP contribution in [0.1, 0.15) is 12.8 Å². The second-order valence-electron chi connectivity index (χ2n) is 3.70. The van der Waals surface area contributed by atoms with Gasteiger partial charge in [-0.1, -0.05) is 18.6 Å². The minimum absolute atomic E-state index is 0.156. The molecule has 0 N–H and O–H groups in total. The Balaban J connectivity index is 2.11. The van der Waals surface area contributed by atoms with E-state index >= 15 is 0 Å². The Hall–Kier alpha value is -1.20. The molecule has 0 bridgehead atoms. The van der Waals surface area contributed by atoms with Gasteiger partial charge < -0.3 is 4.43 Å². The van der Waals surface area contributed by atoms with Gasteiger partial charge in [0.15, 0.2) is 0 Å². The van der Waals surface area contributed by atoms with E-state index in [1.807, 2.05) is 12.1 Å². The molecule has 1 saturated heterocycles. The van der Waals surface area contributed by atoms with Crippen LogP contribution in [0.4, 0.5) is 5.69 Å². The normalized spacial score (nSPS) is 21.2. The van der Waals surface area contributed by atoms with E-state index in [0.717, 1.165) is 19.1 Å². The molecular weight excluding hydrogens is 210 g/mol. The third-order valence-corrected chi connectivity index (χ3v) is 5.35. The summed E-state index contributed by atoms with van der Waals surface area (Å²) in [5, 5.41) is 11.7. The van der Waals surface area contributed by atoms with Crippen LogP contribution in [0.25, 0.3) is 0 Å². The van der Waals surface area contributed by atoms with E-state index in [2.05, 4.69) is 0 Å². The molecule has 1 unspecified atom stereocenters. The van der Waals surface area contributed by atoms with Crippen LogP contribution in [0.15, 0.2) is 24.3 Å². The zero-order valence-corrected chi connectivity index (χ0v) is 9.54. The van der Waals surface area contributed by atoms with Gasteiger partial charge in [-0.05, 0) is 17.7 Å². The van der Waals surface area contributed by atoms with Gasteiger partial charge in [0.2, 0.25) is 9.04 Å². The number of nitrogens with zero attached hydrogens (tertiary/aromatic N) is 1. The van der Waals surface area contributed by atoms with Crippen LogP contribution in [0.5, 0.6) is 0 Å². The molecule has 0 radical (unpaired) electrons. The topological polar surface area (TPSA) is 52.4 Å². The summed E-state index contributed by atoms with van der Waals surface area (Å²) in [6, 6.07) is 7.99. The van der Waals surface area contributed by atoms with E-state index in [1.165, 1.54) is 11.6 Å². The number of benzene rings is 1. The van der Waals surface area contributed by atoms with Crippen molar-refractivity contribution < 1.29 is 9.35 Å². The van der Waals surface area contributed by atoms with Crippen molar-refractivity contribution in [2.24, 2.45) is 0 Å². The molecule has 15 heavy (non-hydrogen) atoms. The standard InChI is InChI=1S/C10H13NO3Si/c12-11(13)9-3-5-10(6-4-9)15-8-2-1-7-14-15/h3-6,15H,1-2,7-8H2. The highest BCUT2D eigenvalue weighted by atomic mass is 28.3. The van der Waals surface area contributed by atoms with Gasteiger partial charge in [0.05, 0.1) is 4.92 Å². The van der Waals surface area contributed by atoms with Gasteiger partial charge in [-0.25, -0.2) is 0 Å². The summed E-state index contributed by atoms with van der Waals surface area (Å²) in [7, 11) is -1.26. The Morgan fingerprint density at radius 3 is 2.53 bits per heavy atom. The van der Waals surface area contributed by atoms with Crippen molar-refractivity contribution in [3.05, 3.63) is 34.4 Å². The Kier molecular flexibility index (Phi) is 3.13. The van der Waals surface area contributed by atoms with Gasteiger partial charge in [0.25, 0.3) is 5.69 Å². The summed E-state index contributed by atoms with van der Waals surface area (Å²) in [6.07, 6.45) is 2.38. The second-order valence-corrected chi connectivity index (χ2v) is 6.26. The van der Waals surface area contributed by atoms with Gasteiger partial charge in [-0.2, -0.15) is 0 Å². The maximum atomic E-state index is 10.5. The minimum atomic E-state index is -1.26. The number of hydrogen-bond donors (Lipinski definition) is 0. The summed E-state index contributed by atoms with van der Waals surface area (Å²) < 4.78 is 5.73. The van der Waals surface area contributed by atoms with Crippen molar-refractivity contribution >= 4 is 19.9 Å². The third-order valence-electron chi connectivity index (χ3n) is 2.66. The van der Waals surface area contributed by atoms with Gasteiger partial charge >= 0.3 is 0 Å². The van der Waals surface area contributed by atoms with Crippen molar-refractivity contribution in [2.45, 2.75) is 18.9 Å². The van der Waals surface area contributed by atoms with Crippen LogP contribution in [-0.2, 0) is 4.43 Å². The van der Waals surface area contributed by atoms with Gasteiger partial charge in [-0.15, -0.1) is 0 Å². The van der Waals surface area contributed by atoms with Crippen LogP contribution in [0, 0.1) is 10.1 Å². The summed E-state index contributed by atoms with van der Waals surface area (Å²) >= 11 is 0. The third kappa shape index (κ3) is 2.43. The van der Waals surface area contributed by atoms with E-state index < -0.39 is 9.04 Å². The lowest BCUT2D eigenvalue weighted by Crippen LogP contribution is -2.36. The average molecular weight is 223 g/mol. The summed E-state index contributed by atoms with van der Waals surface area (Å²) in [5.41, 5.74) is 0.156. The fourth-order valence-corrected chi connectivity index (χ4v) is 4.24. The van der Waals surface area contributed by atoms with E-state index in [-0.39, 0.29) is 10.6 Å². The maximum Gasteiger partial charge on any atom is 0.269 e. The predicted octanol–water partition coefficient (Wildman–Crippen LogP) is 1.34. The summed E-state index contributed by atoms with van der Waals surface area (Å²) in [6.45, 7) is 0.855. The quantitative estimate of drug-likeness (QED) is 0.432. The largest absolute Gasteiger partial charge is 0.415 e. The average Bonchev–Trinajstić information content (AvgIpc) is 2.30. The lowest BCUT2D eigenvalue weighted by Gasteiger charge is -2.21. The summed E-state index contributed by atoms with van der Waals surface area (Å²) in [5.74, 6) is 0. The Bertz CT molecular complexity index is 346. The van der Waals surface area contributed by atoms with Crippen LogP contribution in [0.2, 0.25) is 6.04 Å². The van der Waals surface area contributed by atoms with E-state index in [9.17, 15) is 10.1 Å². The molecule has 0 saturated carbocycles. The van der Waals surface area contributed by atoms with Gasteiger partial charge in [0, 0.05) is 18.7 Å². The second kappa shape index (κ2) is 4.54. The fourth-order valence-electron chi connectivity index (χ4n) is 1.81. The predicted molar refractivity (Wildman–Crippen MR) is 59.9 cm³/mol. The first-order valence-electron chi connectivity index (χ1n) is 5.13. The number of hydrogen-bond acceptors (Lipinski definition) is 3. The van der Waals surface area contributed by atoms with E-state index in [0.29, 0.717) is 0 Å². The zero-order valence-electron chi connectivity index (χ0n) is 8.39. The highest BCUT2D eigenvalue weighted by Gasteiger charge is 2.19. The molecule has 4 nitrogen and oxygen atoms in total. The van der Waals surface area contributed by atoms with Crippen LogP contribution >= 0.6 is 0 Å². The SMILES string of the molecule is O=[N+]([O-])c1ccc([SiH]2CCCCO2)cc1. The molecule has 1 fully saturated rings. The molecule has 80 valence electrons. The molecule has 1 aromatic rings. The molecule has 0 aliphatic carbocycles. The first kappa shape index (κ1) is 10.3. The van der Waals surface area contributed by atoms with Crippen molar-refractivity contribution in [1.82, 2.24) is 0 Å². The first-order valence-corrected chi connectivity index (χ1v) is 7.00. The van der Waals surface area contributed by atoms with Crippen molar-refractivity contribution in [1.29, 1.82) is 0 Å². The molecule has 1 aliphatic heterocycles. The first-order chi connectivity index (χ1) is 7.27. The molecule has 0 spiro atoms. The van der Waals surface area contributed by atoms with Gasteiger partial charge in [-0.3, -0.25) is 10.1 Å². The smallest absolute Gasteiger partial charge is 0.269 e. The lowest BCUT2D eigenvalue weighted by molar-refractivity contribution is -0.384. The molecule has 0 aromatic heterocycles. The highest BCUT2D eigenvalue weighted by molar-refractivity contribution is 6.67. The molecule has 1 aromatic carbocycles. The van der Waals surface area contributed by atoms with Gasteiger partial charge in [0.1, 0.15) is 0 Å². The van der Waals surface area contributed by atoms with E-state index in [4.69, 9.17) is 4.43 Å². The molecular formula is C10H13NO3Si. The highest BCUT2D eigenvalue weighted by Crippen LogP contribution is 2.13. The molecule has 2 rings (SSSR count). The van der Waals surface area contributed by atoms with Crippen molar-refractivity contribution in [3.8, 4) is 0 Å². The number of non-ortho nitro benzene ring substituents is 1. The monoisotopic (exact) mass is 223 g/mol.